The highest BCUT2D eigenvalue weighted by Gasteiger charge is 2.08. The second kappa shape index (κ2) is 9.78. The third kappa shape index (κ3) is 6.10. The van der Waals surface area contributed by atoms with Crippen molar-refractivity contribution in [3.05, 3.63) is 65.9 Å². The van der Waals surface area contributed by atoms with Gasteiger partial charge in [0.2, 0.25) is 5.95 Å². The molecule has 0 atom stereocenters. The van der Waals surface area contributed by atoms with Crippen molar-refractivity contribution in [2.24, 2.45) is 0 Å². The second-order valence-corrected chi connectivity index (χ2v) is 7.03. The Bertz CT molecular complexity index is 926. The molecular weight excluding hydrogens is 364 g/mol. The highest BCUT2D eigenvalue weighted by Crippen LogP contribution is 2.28. The number of benzene rings is 2. The monoisotopic (exact) mass is 392 g/mol. The average molecular weight is 393 g/mol. The maximum absolute atomic E-state index is 5.88. The molecule has 6 nitrogen and oxygen atoms in total. The first-order chi connectivity index (χ1) is 14.0. The highest BCUT2D eigenvalue weighted by atomic mass is 16.5. The van der Waals surface area contributed by atoms with Crippen LogP contribution in [0.2, 0.25) is 0 Å². The van der Waals surface area contributed by atoms with Gasteiger partial charge >= 0.3 is 0 Å². The number of nitrogens with zero attached hydrogens (tertiary/aromatic N) is 2. The van der Waals surface area contributed by atoms with Crippen LogP contribution in [0.15, 0.2) is 54.6 Å². The zero-order valence-electron chi connectivity index (χ0n) is 17.4. The number of hydrogen-bond acceptors (Lipinski definition) is 6. The predicted molar refractivity (Wildman–Crippen MR) is 117 cm³/mol. The molecule has 0 amide bonds. The van der Waals surface area contributed by atoms with Crippen molar-refractivity contribution in [3.8, 4) is 11.5 Å². The van der Waals surface area contributed by atoms with Crippen LogP contribution in [0.1, 0.15) is 25.1 Å². The first-order valence-corrected chi connectivity index (χ1v) is 9.78. The molecule has 0 unspecified atom stereocenters. The number of para-hydroxylation sites is 2. The van der Waals surface area contributed by atoms with E-state index in [4.69, 9.17) is 9.47 Å². The van der Waals surface area contributed by atoms with E-state index in [-0.39, 0.29) is 6.10 Å². The standard InChI is InChI=1S/C23H28N4O2/c1-16(2)29-21-8-6-5-7-20(21)26-22-15-17(3)25-23(27-22)24-14-13-18-9-11-19(28-4)12-10-18/h5-12,15-16H,13-14H2,1-4H3,(H2,24,25,26,27). The Morgan fingerprint density at radius 2 is 1.76 bits per heavy atom. The van der Waals surface area contributed by atoms with Crippen LogP contribution in [0.25, 0.3) is 0 Å². The maximum Gasteiger partial charge on any atom is 0.224 e. The van der Waals surface area contributed by atoms with Crippen LogP contribution >= 0.6 is 0 Å². The summed E-state index contributed by atoms with van der Waals surface area (Å²) in [5, 5.41) is 6.66. The van der Waals surface area contributed by atoms with Crippen molar-refractivity contribution in [2.45, 2.75) is 33.3 Å². The summed E-state index contributed by atoms with van der Waals surface area (Å²) in [5.74, 6) is 2.99. The summed E-state index contributed by atoms with van der Waals surface area (Å²) >= 11 is 0. The van der Waals surface area contributed by atoms with Crippen molar-refractivity contribution in [1.29, 1.82) is 0 Å². The first kappa shape index (κ1) is 20.5. The molecule has 0 radical (unpaired) electrons. The van der Waals surface area contributed by atoms with E-state index in [9.17, 15) is 0 Å². The number of aryl methyl sites for hydroxylation is 1. The summed E-state index contributed by atoms with van der Waals surface area (Å²) in [7, 11) is 1.67. The van der Waals surface area contributed by atoms with Crippen molar-refractivity contribution >= 4 is 17.5 Å². The molecule has 0 bridgehead atoms. The fourth-order valence-corrected chi connectivity index (χ4v) is 2.89. The normalized spacial score (nSPS) is 10.7. The summed E-state index contributed by atoms with van der Waals surface area (Å²) in [4.78, 5) is 9.09. The van der Waals surface area contributed by atoms with Crippen LogP contribution in [0.4, 0.5) is 17.5 Å². The van der Waals surface area contributed by atoms with Gasteiger partial charge in [0.05, 0.1) is 18.9 Å². The lowest BCUT2D eigenvalue weighted by molar-refractivity contribution is 0.244. The number of aromatic nitrogens is 2. The van der Waals surface area contributed by atoms with Gasteiger partial charge in [0, 0.05) is 18.3 Å². The number of rotatable bonds is 9. The van der Waals surface area contributed by atoms with Crippen LogP contribution in [0.5, 0.6) is 11.5 Å². The highest BCUT2D eigenvalue weighted by molar-refractivity contribution is 5.64. The number of anilines is 3. The Morgan fingerprint density at radius 1 is 1.00 bits per heavy atom. The lowest BCUT2D eigenvalue weighted by Gasteiger charge is -2.15. The fraction of sp³-hybridized carbons (Fsp3) is 0.304. The van der Waals surface area contributed by atoms with Gasteiger partial charge in [0.25, 0.3) is 0 Å². The molecule has 3 rings (SSSR count). The summed E-state index contributed by atoms with van der Waals surface area (Å²) in [6.07, 6.45) is 0.968. The maximum atomic E-state index is 5.88. The molecule has 2 N–H and O–H groups in total. The number of ether oxygens (including phenoxy) is 2. The van der Waals surface area contributed by atoms with Gasteiger partial charge in [-0.15, -0.1) is 0 Å². The third-order valence-electron chi connectivity index (χ3n) is 4.22. The Hall–Kier alpha value is -3.28. The van der Waals surface area contributed by atoms with E-state index < -0.39 is 0 Å². The van der Waals surface area contributed by atoms with Crippen molar-refractivity contribution in [3.63, 3.8) is 0 Å². The van der Waals surface area contributed by atoms with E-state index in [1.807, 2.05) is 63.2 Å². The molecule has 0 aliphatic heterocycles. The van der Waals surface area contributed by atoms with Gasteiger partial charge in [-0.25, -0.2) is 4.98 Å². The van der Waals surface area contributed by atoms with Gasteiger partial charge in [-0.3, -0.25) is 0 Å². The predicted octanol–water partition coefficient (Wildman–Crippen LogP) is 4.98. The smallest absolute Gasteiger partial charge is 0.224 e. The minimum absolute atomic E-state index is 0.0975. The van der Waals surface area contributed by atoms with Crippen LogP contribution in [0.3, 0.4) is 0 Å². The molecule has 3 aromatic rings. The summed E-state index contributed by atoms with van der Waals surface area (Å²) in [6.45, 7) is 6.72. The van der Waals surface area contributed by atoms with Crippen LogP contribution in [0, 0.1) is 6.92 Å². The molecular formula is C23H28N4O2. The molecule has 0 saturated carbocycles. The van der Waals surface area contributed by atoms with E-state index in [1.54, 1.807) is 7.11 Å². The van der Waals surface area contributed by atoms with Gasteiger partial charge < -0.3 is 20.1 Å². The van der Waals surface area contributed by atoms with E-state index in [2.05, 4.69) is 32.7 Å². The minimum atomic E-state index is 0.0975. The van der Waals surface area contributed by atoms with E-state index >= 15 is 0 Å². The van der Waals surface area contributed by atoms with Crippen molar-refractivity contribution < 1.29 is 9.47 Å². The van der Waals surface area contributed by atoms with E-state index in [0.717, 1.165) is 41.7 Å². The number of methoxy groups -OCH3 is 1. The first-order valence-electron chi connectivity index (χ1n) is 9.78. The lowest BCUT2D eigenvalue weighted by Crippen LogP contribution is -2.10. The molecule has 1 heterocycles. The summed E-state index contributed by atoms with van der Waals surface area (Å²) in [5.41, 5.74) is 2.99. The Morgan fingerprint density at radius 3 is 2.48 bits per heavy atom. The van der Waals surface area contributed by atoms with Crippen LogP contribution < -0.4 is 20.1 Å². The fourth-order valence-electron chi connectivity index (χ4n) is 2.89. The lowest BCUT2D eigenvalue weighted by atomic mass is 10.1. The molecule has 29 heavy (non-hydrogen) atoms. The molecule has 0 aliphatic carbocycles. The second-order valence-electron chi connectivity index (χ2n) is 7.03. The topological polar surface area (TPSA) is 68.3 Å². The van der Waals surface area contributed by atoms with Gasteiger partial charge in [-0.05, 0) is 57.0 Å². The molecule has 2 aromatic carbocycles. The molecule has 1 aromatic heterocycles. The Kier molecular flexibility index (Phi) is 6.89. The molecule has 0 fully saturated rings. The minimum Gasteiger partial charge on any atom is -0.497 e. The SMILES string of the molecule is COc1ccc(CCNc2nc(C)cc(Nc3ccccc3OC(C)C)n2)cc1. The quantitative estimate of drug-likeness (QED) is 0.535. The van der Waals surface area contributed by atoms with Crippen molar-refractivity contribution in [2.75, 3.05) is 24.3 Å². The van der Waals surface area contributed by atoms with E-state index in [0.29, 0.717) is 5.95 Å². The zero-order chi connectivity index (χ0) is 20.6. The molecule has 6 heteroatoms. The molecule has 0 aliphatic rings. The van der Waals surface area contributed by atoms with Gasteiger partial charge in [0.1, 0.15) is 17.3 Å². The number of nitrogens with one attached hydrogen (secondary N) is 2. The van der Waals surface area contributed by atoms with Crippen LogP contribution in [-0.4, -0.2) is 29.7 Å². The van der Waals surface area contributed by atoms with Gasteiger partial charge in [-0.2, -0.15) is 4.98 Å². The molecule has 0 saturated heterocycles. The van der Waals surface area contributed by atoms with Gasteiger partial charge in [-0.1, -0.05) is 24.3 Å². The average Bonchev–Trinajstić information content (AvgIpc) is 2.69. The largest absolute Gasteiger partial charge is 0.497 e. The molecule has 152 valence electrons. The third-order valence-corrected chi connectivity index (χ3v) is 4.22. The van der Waals surface area contributed by atoms with Gasteiger partial charge in [0.15, 0.2) is 0 Å². The summed E-state index contributed by atoms with van der Waals surface area (Å²) in [6, 6.07) is 17.8. The van der Waals surface area contributed by atoms with Crippen LogP contribution in [-0.2, 0) is 6.42 Å². The Balaban J connectivity index is 1.65. The van der Waals surface area contributed by atoms with Crippen molar-refractivity contribution in [1.82, 2.24) is 9.97 Å². The van der Waals surface area contributed by atoms with E-state index in [1.165, 1.54) is 5.56 Å². The summed E-state index contributed by atoms with van der Waals surface area (Å²) < 4.78 is 11.1. The number of hydrogen-bond donors (Lipinski definition) is 2. The molecule has 0 spiro atoms. The Labute approximate surface area is 172 Å². The zero-order valence-corrected chi connectivity index (χ0v) is 17.4.